The van der Waals surface area contributed by atoms with E-state index in [-0.39, 0.29) is 18.3 Å². The Morgan fingerprint density at radius 1 is 1.13 bits per heavy atom. The molecule has 2 aromatic rings. The number of carbonyl (C=O) groups is 1. The Labute approximate surface area is 136 Å². The van der Waals surface area contributed by atoms with Crippen LogP contribution in [-0.4, -0.2) is 24.0 Å². The molecule has 0 N–H and O–H groups in total. The summed E-state index contributed by atoms with van der Waals surface area (Å²) in [6, 6.07) is 12.0. The standard InChI is InChI=1S/C19H22FNO2/c1-4-21(12-16-6-5-7-17(20)11-16)19(22)13-23-18-9-8-14(2)15(3)10-18/h5-11H,4,12-13H2,1-3H3. The van der Waals surface area contributed by atoms with Crippen LogP contribution in [0.3, 0.4) is 0 Å². The smallest absolute Gasteiger partial charge is 0.260 e. The summed E-state index contributed by atoms with van der Waals surface area (Å²) < 4.78 is 18.8. The molecule has 0 spiro atoms. The monoisotopic (exact) mass is 315 g/mol. The maximum Gasteiger partial charge on any atom is 0.260 e. The zero-order valence-corrected chi connectivity index (χ0v) is 13.8. The fourth-order valence-corrected chi connectivity index (χ4v) is 2.27. The predicted molar refractivity (Wildman–Crippen MR) is 88.9 cm³/mol. The predicted octanol–water partition coefficient (Wildman–Crippen LogP) is 3.87. The van der Waals surface area contributed by atoms with E-state index in [4.69, 9.17) is 4.74 Å². The fourth-order valence-electron chi connectivity index (χ4n) is 2.27. The molecule has 0 unspecified atom stereocenters. The molecule has 2 aromatic carbocycles. The molecule has 122 valence electrons. The Bertz CT molecular complexity index is 685. The van der Waals surface area contributed by atoms with Gasteiger partial charge in [-0.25, -0.2) is 4.39 Å². The number of benzene rings is 2. The lowest BCUT2D eigenvalue weighted by Crippen LogP contribution is -2.34. The van der Waals surface area contributed by atoms with E-state index in [0.717, 1.165) is 11.1 Å². The van der Waals surface area contributed by atoms with Crippen LogP contribution in [0.2, 0.25) is 0 Å². The van der Waals surface area contributed by atoms with Crippen molar-refractivity contribution in [3.05, 3.63) is 65.0 Å². The molecule has 1 amide bonds. The van der Waals surface area contributed by atoms with E-state index in [1.54, 1.807) is 11.0 Å². The second-order valence-corrected chi connectivity index (χ2v) is 5.57. The van der Waals surface area contributed by atoms with Crippen molar-refractivity contribution in [2.45, 2.75) is 27.3 Å². The Hall–Kier alpha value is -2.36. The van der Waals surface area contributed by atoms with Gasteiger partial charge < -0.3 is 9.64 Å². The van der Waals surface area contributed by atoms with Crippen LogP contribution in [0.5, 0.6) is 5.75 Å². The number of carbonyl (C=O) groups excluding carboxylic acids is 1. The molecule has 0 atom stereocenters. The van der Waals surface area contributed by atoms with Gasteiger partial charge in [0.2, 0.25) is 0 Å². The Balaban J connectivity index is 1.95. The highest BCUT2D eigenvalue weighted by Crippen LogP contribution is 2.16. The van der Waals surface area contributed by atoms with Gasteiger partial charge in [0, 0.05) is 13.1 Å². The van der Waals surface area contributed by atoms with Gasteiger partial charge in [-0.05, 0) is 61.7 Å². The first-order valence-corrected chi connectivity index (χ1v) is 7.72. The van der Waals surface area contributed by atoms with E-state index in [2.05, 4.69) is 0 Å². The van der Waals surface area contributed by atoms with Crippen LogP contribution in [0.15, 0.2) is 42.5 Å². The normalized spacial score (nSPS) is 10.4. The molecular weight excluding hydrogens is 293 g/mol. The summed E-state index contributed by atoms with van der Waals surface area (Å²) in [5, 5.41) is 0. The summed E-state index contributed by atoms with van der Waals surface area (Å²) in [6.45, 7) is 6.84. The average Bonchev–Trinajstić information content (AvgIpc) is 2.53. The summed E-state index contributed by atoms with van der Waals surface area (Å²) in [7, 11) is 0. The molecular formula is C19H22FNO2. The van der Waals surface area contributed by atoms with Crippen LogP contribution < -0.4 is 4.74 Å². The SMILES string of the molecule is CCN(Cc1cccc(F)c1)C(=O)COc1ccc(C)c(C)c1. The van der Waals surface area contributed by atoms with Crippen LogP contribution in [0.25, 0.3) is 0 Å². The number of halogens is 1. The van der Waals surface area contributed by atoms with Crippen molar-refractivity contribution in [1.29, 1.82) is 0 Å². The first kappa shape index (κ1) is 17.0. The van der Waals surface area contributed by atoms with Gasteiger partial charge in [-0.15, -0.1) is 0 Å². The number of nitrogens with zero attached hydrogens (tertiary/aromatic N) is 1. The molecule has 0 aliphatic rings. The van der Waals surface area contributed by atoms with Crippen LogP contribution in [-0.2, 0) is 11.3 Å². The van der Waals surface area contributed by atoms with E-state index in [1.165, 1.54) is 17.7 Å². The lowest BCUT2D eigenvalue weighted by molar-refractivity contribution is -0.133. The number of ether oxygens (including phenoxy) is 1. The number of hydrogen-bond donors (Lipinski definition) is 0. The van der Waals surface area contributed by atoms with Crippen LogP contribution in [0, 0.1) is 19.7 Å². The van der Waals surface area contributed by atoms with Crippen LogP contribution in [0.1, 0.15) is 23.6 Å². The van der Waals surface area contributed by atoms with E-state index >= 15 is 0 Å². The van der Waals surface area contributed by atoms with Crippen molar-refractivity contribution in [3.8, 4) is 5.75 Å². The third-order valence-electron chi connectivity index (χ3n) is 3.84. The lowest BCUT2D eigenvalue weighted by Gasteiger charge is -2.21. The summed E-state index contributed by atoms with van der Waals surface area (Å²) in [5.74, 6) is 0.274. The molecule has 0 saturated carbocycles. The second-order valence-electron chi connectivity index (χ2n) is 5.57. The minimum absolute atomic E-state index is 0.0222. The molecule has 0 aliphatic carbocycles. The van der Waals surface area contributed by atoms with E-state index in [9.17, 15) is 9.18 Å². The van der Waals surface area contributed by atoms with Crippen molar-refractivity contribution in [3.63, 3.8) is 0 Å². The van der Waals surface area contributed by atoms with Crippen molar-refractivity contribution in [2.75, 3.05) is 13.2 Å². The summed E-state index contributed by atoms with van der Waals surface area (Å²) >= 11 is 0. The van der Waals surface area contributed by atoms with Crippen molar-refractivity contribution in [2.24, 2.45) is 0 Å². The molecule has 0 saturated heterocycles. The third kappa shape index (κ3) is 4.81. The highest BCUT2D eigenvalue weighted by Gasteiger charge is 2.13. The van der Waals surface area contributed by atoms with Gasteiger partial charge >= 0.3 is 0 Å². The lowest BCUT2D eigenvalue weighted by atomic mass is 10.1. The topological polar surface area (TPSA) is 29.5 Å². The van der Waals surface area contributed by atoms with Crippen molar-refractivity contribution >= 4 is 5.91 Å². The molecule has 0 heterocycles. The van der Waals surface area contributed by atoms with Gasteiger partial charge in [-0.1, -0.05) is 18.2 Å². The first-order valence-electron chi connectivity index (χ1n) is 7.72. The number of aryl methyl sites for hydroxylation is 2. The van der Waals surface area contributed by atoms with Gasteiger partial charge in [-0.2, -0.15) is 0 Å². The maximum atomic E-state index is 13.2. The van der Waals surface area contributed by atoms with E-state index in [1.807, 2.05) is 45.0 Å². The minimum Gasteiger partial charge on any atom is -0.484 e. The number of hydrogen-bond acceptors (Lipinski definition) is 2. The Kier molecular flexibility index (Phi) is 5.74. The molecule has 23 heavy (non-hydrogen) atoms. The van der Waals surface area contributed by atoms with Crippen molar-refractivity contribution < 1.29 is 13.9 Å². The molecule has 2 rings (SSSR count). The number of rotatable bonds is 6. The van der Waals surface area contributed by atoms with Crippen LogP contribution in [0.4, 0.5) is 4.39 Å². The van der Waals surface area contributed by atoms with Crippen LogP contribution >= 0.6 is 0 Å². The van der Waals surface area contributed by atoms with Gasteiger partial charge in [0.1, 0.15) is 11.6 Å². The minimum atomic E-state index is -0.294. The molecule has 3 nitrogen and oxygen atoms in total. The summed E-state index contributed by atoms with van der Waals surface area (Å²) in [6.07, 6.45) is 0. The first-order chi connectivity index (χ1) is 11.0. The Morgan fingerprint density at radius 2 is 1.91 bits per heavy atom. The Morgan fingerprint density at radius 3 is 2.57 bits per heavy atom. The third-order valence-corrected chi connectivity index (χ3v) is 3.84. The van der Waals surface area contributed by atoms with Gasteiger partial charge in [0.25, 0.3) is 5.91 Å². The van der Waals surface area contributed by atoms with Gasteiger partial charge in [0.15, 0.2) is 6.61 Å². The molecule has 4 heteroatoms. The molecule has 0 aliphatic heterocycles. The highest BCUT2D eigenvalue weighted by molar-refractivity contribution is 5.77. The number of likely N-dealkylation sites (N-methyl/N-ethyl adjacent to an activating group) is 1. The number of amides is 1. The summed E-state index contributed by atoms with van der Waals surface area (Å²) in [5.41, 5.74) is 3.08. The fraction of sp³-hybridized carbons (Fsp3) is 0.316. The maximum absolute atomic E-state index is 13.2. The quantitative estimate of drug-likeness (QED) is 0.810. The zero-order valence-electron chi connectivity index (χ0n) is 13.8. The largest absolute Gasteiger partial charge is 0.484 e. The van der Waals surface area contributed by atoms with Crippen molar-refractivity contribution in [1.82, 2.24) is 4.90 Å². The van der Waals surface area contributed by atoms with E-state index in [0.29, 0.717) is 18.8 Å². The van der Waals surface area contributed by atoms with Gasteiger partial charge in [-0.3, -0.25) is 4.79 Å². The molecule has 0 fully saturated rings. The van der Waals surface area contributed by atoms with E-state index < -0.39 is 0 Å². The molecule has 0 radical (unpaired) electrons. The zero-order chi connectivity index (χ0) is 16.8. The van der Waals surface area contributed by atoms with Gasteiger partial charge in [0.05, 0.1) is 0 Å². The second kappa shape index (κ2) is 7.77. The average molecular weight is 315 g/mol. The highest BCUT2D eigenvalue weighted by atomic mass is 19.1. The molecule has 0 aromatic heterocycles. The molecule has 0 bridgehead atoms. The summed E-state index contributed by atoms with van der Waals surface area (Å²) in [4.78, 5) is 13.9.